The molecule has 0 amide bonds. The topological polar surface area (TPSA) is 35.0 Å². The standard InChI is InChI=1S/C15H17BrN2OS/c1-15(2,3)14-17-12(16)9-13(18-14)19-10-5-7-11(20-4)8-6-10/h5-9H,1-4H3. The molecule has 0 saturated carbocycles. The Kier molecular flexibility index (Phi) is 4.70. The highest BCUT2D eigenvalue weighted by atomic mass is 79.9. The van der Waals surface area contributed by atoms with Gasteiger partial charge < -0.3 is 4.74 Å². The lowest BCUT2D eigenvalue weighted by Crippen LogP contribution is -2.16. The molecular weight excluding hydrogens is 336 g/mol. The number of halogens is 1. The molecule has 0 bridgehead atoms. The van der Waals surface area contributed by atoms with Crippen molar-refractivity contribution in [1.82, 2.24) is 9.97 Å². The Morgan fingerprint density at radius 1 is 1.10 bits per heavy atom. The number of ether oxygens (including phenoxy) is 1. The molecule has 0 N–H and O–H groups in total. The molecule has 1 heterocycles. The molecule has 0 fully saturated rings. The highest BCUT2D eigenvalue weighted by Crippen LogP contribution is 2.27. The van der Waals surface area contributed by atoms with Crippen molar-refractivity contribution < 1.29 is 4.74 Å². The number of hydrogen-bond acceptors (Lipinski definition) is 4. The number of benzene rings is 1. The van der Waals surface area contributed by atoms with E-state index in [0.29, 0.717) is 5.88 Å². The number of aromatic nitrogens is 2. The van der Waals surface area contributed by atoms with E-state index in [4.69, 9.17) is 4.74 Å². The van der Waals surface area contributed by atoms with E-state index in [0.717, 1.165) is 16.2 Å². The van der Waals surface area contributed by atoms with Gasteiger partial charge in [0, 0.05) is 16.4 Å². The molecule has 0 unspecified atom stereocenters. The zero-order chi connectivity index (χ0) is 14.8. The maximum atomic E-state index is 5.80. The second kappa shape index (κ2) is 6.14. The first-order valence-corrected chi connectivity index (χ1v) is 8.27. The van der Waals surface area contributed by atoms with Crippen molar-refractivity contribution in [1.29, 1.82) is 0 Å². The van der Waals surface area contributed by atoms with Crippen LogP contribution in [0.3, 0.4) is 0 Å². The van der Waals surface area contributed by atoms with Crippen molar-refractivity contribution >= 4 is 27.7 Å². The second-order valence-corrected chi connectivity index (χ2v) is 7.07. The number of thioether (sulfide) groups is 1. The molecule has 5 heteroatoms. The van der Waals surface area contributed by atoms with Gasteiger partial charge in [-0.15, -0.1) is 11.8 Å². The van der Waals surface area contributed by atoms with Crippen LogP contribution in [0.2, 0.25) is 0 Å². The molecule has 1 aromatic heterocycles. The quantitative estimate of drug-likeness (QED) is 0.571. The fourth-order valence-electron chi connectivity index (χ4n) is 1.55. The van der Waals surface area contributed by atoms with Crippen molar-refractivity contribution in [2.24, 2.45) is 0 Å². The lowest BCUT2D eigenvalue weighted by atomic mass is 9.96. The summed E-state index contributed by atoms with van der Waals surface area (Å²) in [6, 6.07) is 9.72. The molecular formula is C15H17BrN2OS. The number of hydrogen-bond donors (Lipinski definition) is 0. The van der Waals surface area contributed by atoms with Crippen LogP contribution in [-0.4, -0.2) is 16.2 Å². The van der Waals surface area contributed by atoms with Gasteiger partial charge in [0.2, 0.25) is 5.88 Å². The Labute approximate surface area is 132 Å². The Morgan fingerprint density at radius 3 is 2.30 bits per heavy atom. The fraction of sp³-hybridized carbons (Fsp3) is 0.333. The minimum Gasteiger partial charge on any atom is -0.439 e. The van der Waals surface area contributed by atoms with Gasteiger partial charge in [0.1, 0.15) is 16.2 Å². The summed E-state index contributed by atoms with van der Waals surface area (Å²) in [5.74, 6) is 2.07. The van der Waals surface area contributed by atoms with Crippen molar-refractivity contribution in [2.75, 3.05) is 6.26 Å². The van der Waals surface area contributed by atoms with E-state index in [1.807, 2.05) is 30.5 Å². The molecule has 2 aromatic rings. The maximum Gasteiger partial charge on any atom is 0.223 e. The average molecular weight is 353 g/mol. The maximum absolute atomic E-state index is 5.80. The third-order valence-corrected chi connectivity index (χ3v) is 3.77. The van der Waals surface area contributed by atoms with E-state index >= 15 is 0 Å². The Hall–Kier alpha value is -1.07. The molecule has 0 aliphatic heterocycles. The second-order valence-electron chi connectivity index (χ2n) is 5.38. The van der Waals surface area contributed by atoms with E-state index in [-0.39, 0.29) is 5.41 Å². The van der Waals surface area contributed by atoms with E-state index in [9.17, 15) is 0 Å². The first kappa shape index (κ1) is 15.3. The summed E-state index contributed by atoms with van der Waals surface area (Å²) in [6.45, 7) is 6.23. The number of nitrogens with zero attached hydrogens (tertiary/aromatic N) is 2. The molecule has 2 rings (SSSR count). The first-order valence-electron chi connectivity index (χ1n) is 6.25. The summed E-state index contributed by atoms with van der Waals surface area (Å²) in [6.07, 6.45) is 2.05. The first-order chi connectivity index (χ1) is 9.38. The van der Waals surface area contributed by atoms with E-state index in [2.05, 4.69) is 46.7 Å². The molecule has 0 atom stereocenters. The van der Waals surface area contributed by atoms with Crippen LogP contribution in [-0.2, 0) is 5.41 Å². The summed E-state index contributed by atoms with van der Waals surface area (Å²) in [5, 5.41) is 0. The molecule has 0 aliphatic carbocycles. The summed E-state index contributed by atoms with van der Waals surface area (Å²) >= 11 is 5.11. The van der Waals surface area contributed by atoms with Gasteiger partial charge in [0.15, 0.2) is 0 Å². The summed E-state index contributed by atoms with van der Waals surface area (Å²) in [5.41, 5.74) is -0.120. The largest absolute Gasteiger partial charge is 0.439 e. The Morgan fingerprint density at radius 2 is 1.75 bits per heavy atom. The van der Waals surface area contributed by atoms with Crippen LogP contribution < -0.4 is 4.74 Å². The van der Waals surface area contributed by atoms with Gasteiger partial charge in [0.25, 0.3) is 0 Å². The molecule has 106 valence electrons. The van der Waals surface area contributed by atoms with E-state index < -0.39 is 0 Å². The van der Waals surface area contributed by atoms with Crippen LogP contribution in [0, 0.1) is 0 Å². The fourth-order valence-corrected chi connectivity index (χ4v) is 2.32. The minimum absolute atomic E-state index is 0.120. The third kappa shape index (κ3) is 3.96. The predicted octanol–water partition coefficient (Wildman–Crippen LogP) is 5.05. The van der Waals surface area contributed by atoms with Gasteiger partial charge in [-0.05, 0) is 46.5 Å². The summed E-state index contributed by atoms with van der Waals surface area (Å²) in [4.78, 5) is 10.1. The predicted molar refractivity (Wildman–Crippen MR) is 86.7 cm³/mol. The van der Waals surface area contributed by atoms with Crippen LogP contribution in [0.1, 0.15) is 26.6 Å². The zero-order valence-electron chi connectivity index (χ0n) is 12.0. The van der Waals surface area contributed by atoms with Gasteiger partial charge in [0.05, 0.1) is 0 Å². The van der Waals surface area contributed by atoms with Gasteiger partial charge in [-0.25, -0.2) is 4.98 Å². The zero-order valence-corrected chi connectivity index (χ0v) is 14.4. The highest BCUT2D eigenvalue weighted by Gasteiger charge is 2.19. The average Bonchev–Trinajstić information content (AvgIpc) is 2.38. The van der Waals surface area contributed by atoms with Gasteiger partial charge in [-0.1, -0.05) is 20.8 Å². The minimum atomic E-state index is -0.120. The molecule has 20 heavy (non-hydrogen) atoms. The lowest BCUT2D eigenvalue weighted by Gasteiger charge is -2.17. The van der Waals surface area contributed by atoms with Crippen LogP contribution in [0.15, 0.2) is 39.8 Å². The van der Waals surface area contributed by atoms with Crippen molar-refractivity contribution in [3.05, 3.63) is 40.8 Å². The smallest absolute Gasteiger partial charge is 0.223 e. The van der Waals surface area contributed by atoms with E-state index in [1.54, 1.807) is 17.8 Å². The molecule has 0 aliphatic rings. The van der Waals surface area contributed by atoms with Crippen LogP contribution in [0.4, 0.5) is 0 Å². The number of rotatable bonds is 3. The normalized spacial score (nSPS) is 11.4. The van der Waals surface area contributed by atoms with Gasteiger partial charge in [-0.2, -0.15) is 4.98 Å². The van der Waals surface area contributed by atoms with Crippen molar-refractivity contribution in [3.63, 3.8) is 0 Å². The molecule has 1 aromatic carbocycles. The lowest BCUT2D eigenvalue weighted by molar-refractivity contribution is 0.444. The summed E-state index contributed by atoms with van der Waals surface area (Å²) in [7, 11) is 0. The van der Waals surface area contributed by atoms with Crippen molar-refractivity contribution in [2.45, 2.75) is 31.1 Å². The summed E-state index contributed by atoms with van der Waals surface area (Å²) < 4.78 is 6.53. The van der Waals surface area contributed by atoms with Crippen molar-refractivity contribution in [3.8, 4) is 11.6 Å². The Bertz CT molecular complexity index is 594. The van der Waals surface area contributed by atoms with Gasteiger partial charge in [-0.3, -0.25) is 0 Å². The molecule has 0 radical (unpaired) electrons. The van der Waals surface area contributed by atoms with Crippen LogP contribution >= 0.6 is 27.7 Å². The molecule has 0 saturated heterocycles. The highest BCUT2D eigenvalue weighted by molar-refractivity contribution is 9.10. The van der Waals surface area contributed by atoms with E-state index in [1.165, 1.54) is 4.90 Å². The van der Waals surface area contributed by atoms with Gasteiger partial charge >= 0.3 is 0 Å². The van der Waals surface area contributed by atoms with Crippen LogP contribution in [0.5, 0.6) is 11.6 Å². The Balaban J connectivity index is 2.26. The monoisotopic (exact) mass is 352 g/mol. The molecule has 0 spiro atoms. The molecule has 3 nitrogen and oxygen atoms in total. The third-order valence-electron chi connectivity index (χ3n) is 2.62. The van der Waals surface area contributed by atoms with Crippen LogP contribution in [0.25, 0.3) is 0 Å². The SMILES string of the molecule is CSc1ccc(Oc2cc(Br)nc(C(C)(C)C)n2)cc1.